The van der Waals surface area contributed by atoms with E-state index >= 15 is 0 Å². The van der Waals surface area contributed by atoms with Gasteiger partial charge in [-0.05, 0) is 23.3 Å². The summed E-state index contributed by atoms with van der Waals surface area (Å²) in [5.74, 6) is 0.0628. The maximum Gasteiger partial charge on any atom is 0.321 e. The van der Waals surface area contributed by atoms with E-state index in [0.717, 1.165) is 15.4 Å². The van der Waals surface area contributed by atoms with Crippen LogP contribution in [0, 0.1) is 0 Å². The number of hydrogen-bond donors (Lipinski definition) is 0. The number of morpholine rings is 1. The van der Waals surface area contributed by atoms with Crippen molar-refractivity contribution in [3.05, 3.63) is 65.7 Å². The molecule has 8 nitrogen and oxygen atoms in total. The molecule has 0 bridgehead atoms. The SMILES string of the molecule is COC(=O)CN(Cc1ccc(OCc2ccccc2)cc1)S(=O)(=O)N1CCOCC1. The van der Waals surface area contributed by atoms with Crippen LogP contribution >= 0.6 is 0 Å². The number of ether oxygens (including phenoxy) is 3. The maximum atomic E-state index is 13.0. The maximum absolute atomic E-state index is 13.0. The number of rotatable bonds is 9. The zero-order valence-electron chi connectivity index (χ0n) is 16.9. The number of methoxy groups -OCH3 is 1. The minimum atomic E-state index is -3.83. The van der Waals surface area contributed by atoms with Crippen molar-refractivity contribution in [3.8, 4) is 5.75 Å². The second-order valence-electron chi connectivity index (χ2n) is 6.78. The average Bonchev–Trinajstić information content (AvgIpc) is 2.79. The first-order valence-electron chi connectivity index (χ1n) is 9.64. The highest BCUT2D eigenvalue weighted by Gasteiger charge is 2.32. The summed E-state index contributed by atoms with van der Waals surface area (Å²) < 4.78 is 44.2. The molecule has 1 saturated heterocycles. The Morgan fingerprint density at radius 2 is 1.70 bits per heavy atom. The van der Waals surface area contributed by atoms with Crippen LogP contribution in [0.4, 0.5) is 0 Å². The fourth-order valence-electron chi connectivity index (χ4n) is 3.00. The van der Waals surface area contributed by atoms with Gasteiger partial charge in [-0.15, -0.1) is 0 Å². The van der Waals surface area contributed by atoms with Crippen LogP contribution in [0.1, 0.15) is 11.1 Å². The Morgan fingerprint density at radius 1 is 1.03 bits per heavy atom. The predicted octanol–water partition coefficient (Wildman–Crippen LogP) is 1.82. The van der Waals surface area contributed by atoms with E-state index in [4.69, 9.17) is 9.47 Å². The number of carbonyl (C=O) groups is 1. The van der Waals surface area contributed by atoms with E-state index in [2.05, 4.69) is 4.74 Å². The van der Waals surface area contributed by atoms with E-state index in [-0.39, 0.29) is 26.2 Å². The summed E-state index contributed by atoms with van der Waals surface area (Å²) in [6.45, 7) is 1.31. The zero-order valence-corrected chi connectivity index (χ0v) is 17.7. The predicted molar refractivity (Wildman–Crippen MR) is 111 cm³/mol. The number of hydrogen-bond acceptors (Lipinski definition) is 6. The molecule has 1 heterocycles. The lowest BCUT2D eigenvalue weighted by Gasteiger charge is -2.31. The van der Waals surface area contributed by atoms with Crippen LogP contribution in [-0.2, 0) is 37.6 Å². The van der Waals surface area contributed by atoms with Crippen molar-refractivity contribution in [2.24, 2.45) is 0 Å². The first kappa shape index (κ1) is 22.2. The highest BCUT2D eigenvalue weighted by molar-refractivity contribution is 7.86. The van der Waals surface area contributed by atoms with Crippen molar-refractivity contribution >= 4 is 16.2 Å². The standard InChI is InChI=1S/C21H26N2O6S/c1-27-21(24)16-23(30(25,26)22-11-13-28-14-12-22)15-18-7-9-20(10-8-18)29-17-19-5-3-2-4-6-19/h2-10H,11-17H2,1H3. The number of benzene rings is 2. The van der Waals surface area contributed by atoms with Gasteiger partial charge in [-0.2, -0.15) is 17.0 Å². The van der Waals surface area contributed by atoms with Gasteiger partial charge >= 0.3 is 5.97 Å². The largest absolute Gasteiger partial charge is 0.489 e. The molecule has 3 rings (SSSR count). The summed E-state index contributed by atoms with van der Waals surface area (Å²) in [6, 6.07) is 17.0. The lowest BCUT2D eigenvalue weighted by molar-refractivity contribution is -0.140. The molecular weight excluding hydrogens is 408 g/mol. The van der Waals surface area contributed by atoms with Crippen LogP contribution in [0.3, 0.4) is 0 Å². The van der Waals surface area contributed by atoms with E-state index in [9.17, 15) is 13.2 Å². The van der Waals surface area contributed by atoms with Gasteiger partial charge in [0.2, 0.25) is 0 Å². The molecule has 1 fully saturated rings. The van der Waals surface area contributed by atoms with Crippen molar-refractivity contribution in [1.29, 1.82) is 0 Å². The smallest absolute Gasteiger partial charge is 0.321 e. The molecule has 30 heavy (non-hydrogen) atoms. The summed E-state index contributed by atoms with van der Waals surface area (Å²) in [6.07, 6.45) is 0. The molecule has 162 valence electrons. The van der Waals surface area contributed by atoms with Crippen LogP contribution in [-0.4, -0.2) is 63.0 Å². The third kappa shape index (κ3) is 6.02. The van der Waals surface area contributed by atoms with Crippen molar-refractivity contribution in [3.63, 3.8) is 0 Å². The monoisotopic (exact) mass is 434 g/mol. The van der Waals surface area contributed by atoms with Crippen LogP contribution in [0.2, 0.25) is 0 Å². The fraction of sp³-hybridized carbons (Fsp3) is 0.381. The summed E-state index contributed by atoms with van der Waals surface area (Å²) in [5, 5.41) is 0. The lowest BCUT2D eigenvalue weighted by atomic mass is 10.2. The molecule has 0 radical (unpaired) electrons. The van der Waals surface area contributed by atoms with Crippen LogP contribution in [0.25, 0.3) is 0 Å². The number of nitrogens with zero attached hydrogens (tertiary/aromatic N) is 2. The topological polar surface area (TPSA) is 85.4 Å². The first-order chi connectivity index (χ1) is 14.5. The third-order valence-electron chi connectivity index (χ3n) is 4.69. The van der Waals surface area contributed by atoms with Crippen molar-refractivity contribution in [1.82, 2.24) is 8.61 Å². The minimum absolute atomic E-state index is 0.0494. The molecule has 9 heteroatoms. The molecule has 2 aromatic rings. The Kier molecular flexibility index (Phi) is 7.81. The zero-order chi connectivity index (χ0) is 21.4. The molecule has 1 aliphatic heterocycles. The molecule has 2 aromatic carbocycles. The summed E-state index contributed by atoms with van der Waals surface area (Å²) in [7, 11) is -2.59. The summed E-state index contributed by atoms with van der Waals surface area (Å²) in [5.41, 5.74) is 1.80. The Morgan fingerprint density at radius 3 is 2.33 bits per heavy atom. The van der Waals surface area contributed by atoms with Gasteiger partial charge in [0, 0.05) is 19.6 Å². The normalized spacial score (nSPS) is 15.1. The van der Waals surface area contributed by atoms with Crippen LogP contribution in [0.15, 0.2) is 54.6 Å². The fourth-order valence-corrected chi connectivity index (χ4v) is 4.52. The summed E-state index contributed by atoms with van der Waals surface area (Å²) in [4.78, 5) is 11.8. The van der Waals surface area contributed by atoms with Gasteiger partial charge in [-0.25, -0.2) is 0 Å². The van der Waals surface area contributed by atoms with E-state index < -0.39 is 16.2 Å². The Bertz CT molecular complexity index is 912. The minimum Gasteiger partial charge on any atom is -0.489 e. The first-order valence-corrected chi connectivity index (χ1v) is 11.0. The van der Waals surface area contributed by atoms with E-state index in [1.165, 1.54) is 11.4 Å². The Balaban J connectivity index is 1.68. The molecule has 0 aliphatic carbocycles. The van der Waals surface area contributed by atoms with Gasteiger partial charge in [-0.1, -0.05) is 42.5 Å². The second kappa shape index (κ2) is 10.5. The molecule has 0 atom stereocenters. The highest BCUT2D eigenvalue weighted by Crippen LogP contribution is 2.19. The Hall–Kier alpha value is -2.46. The van der Waals surface area contributed by atoms with Gasteiger partial charge in [0.25, 0.3) is 10.2 Å². The van der Waals surface area contributed by atoms with Crippen LogP contribution in [0.5, 0.6) is 5.75 Å². The molecule has 0 amide bonds. The quantitative estimate of drug-likeness (QED) is 0.560. The van der Waals surface area contributed by atoms with Crippen LogP contribution < -0.4 is 4.74 Å². The van der Waals surface area contributed by atoms with E-state index in [1.807, 2.05) is 30.3 Å². The van der Waals surface area contributed by atoms with E-state index in [1.54, 1.807) is 24.3 Å². The highest BCUT2D eigenvalue weighted by atomic mass is 32.2. The third-order valence-corrected chi connectivity index (χ3v) is 6.61. The van der Waals surface area contributed by atoms with Gasteiger partial charge in [0.15, 0.2) is 0 Å². The summed E-state index contributed by atoms with van der Waals surface area (Å²) >= 11 is 0. The molecule has 0 N–H and O–H groups in total. The molecule has 0 saturated carbocycles. The van der Waals surface area contributed by atoms with Gasteiger partial charge in [-0.3, -0.25) is 4.79 Å². The molecule has 1 aliphatic rings. The molecule has 0 spiro atoms. The average molecular weight is 435 g/mol. The molecule has 0 unspecified atom stereocenters. The lowest BCUT2D eigenvalue weighted by Crippen LogP contribution is -2.49. The van der Waals surface area contributed by atoms with Crippen molar-refractivity contribution in [2.75, 3.05) is 40.0 Å². The van der Waals surface area contributed by atoms with Crippen molar-refractivity contribution in [2.45, 2.75) is 13.2 Å². The number of esters is 1. The van der Waals surface area contributed by atoms with Crippen molar-refractivity contribution < 1.29 is 27.4 Å². The van der Waals surface area contributed by atoms with Gasteiger partial charge < -0.3 is 14.2 Å². The second-order valence-corrected chi connectivity index (χ2v) is 8.71. The molecular formula is C21H26N2O6S. The van der Waals surface area contributed by atoms with Gasteiger partial charge in [0.05, 0.1) is 20.3 Å². The Labute approximate surface area is 177 Å². The molecule has 0 aromatic heterocycles. The van der Waals surface area contributed by atoms with Gasteiger partial charge in [0.1, 0.15) is 18.9 Å². The van der Waals surface area contributed by atoms with E-state index in [0.29, 0.717) is 25.6 Å². The number of carbonyl (C=O) groups excluding carboxylic acids is 1.